The van der Waals surface area contributed by atoms with Gasteiger partial charge in [-0.1, -0.05) is 24.3 Å². The molecule has 11 nitrogen and oxygen atoms in total. The number of hydrogen-bond acceptors (Lipinski definition) is 8. The highest BCUT2D eigenvalue weighted by Gasteiger charge is 2.39. The average molecular weight is 700 g/mol. The van der Waals surface area contributed by atoms with Crippen LogP contribution >= 0.6 is 0 Å². The Morgan fingerprint density at radius 1 is 0.918 bits per heavy atom. The lowest BCUT2D eigenvalue weighted by Gasteiger charge is -2.27. The summed E-state index contributed by atoms with van der Waals surface area (Å²) in [6.45, 7) is 3.78. The van der Waals surface area contributed by atoms with Gasteiger partial charge in [0, 0.05) is 49.4 Å². The summed E-state index contributed by atoms with van der Waals surface area (Å²) in [5.41, 5.74) is 4.99. The van der Waals surface area contributed by atoms with Crippen LogP contribution in [0, 0.1) is 0 Å². The first-order valence-corrected chi connectivity index (χ1v) is 14.6. The smallest absolute Gasteiger partial charge is 0.490 e. The van der Waals surface area contributed by atoms with Crippen molar-refractivity contribution in [1.82, 2.24) is 15.5 Å². The molecule has 17 heteroatoms. The van der Waals surface area contributed by atoms with Crippen molar-refractivity contribution in [1.29, 1.82) is 0 Å². The molecule has 6 rings (SSSR count). The van der Waals surface area contributed by atoms with Gasteiger partial charge in [0.2, 0.25) is 6.79 Å². The van der Waals surface area contributed by atoms with Gasteiger partial charge >= 0.3 is 24.3 Å². The maximum atomic E-state index is 12.7. The molecule has 264 valence electrons. The maximum absolute atomic E-state index is 12.7. The molecule has 2 atom stereocenters. The summed E-state index contributed by atoms with van der Waals surface area (Å²) in [6.07, 6.45) is -8.91. The zero-order valence-corrected chi connectivity index (χ0v) is 25.7. The molecule has 49 heavy (non-hydrogen) atoms. The summed E-state index contributed by atoms with van der Waals surface area (Å²) in [5, 5.41) is 20.8. The number of aliphatic carboxylic acids is 2. The highest BCUT2D eigenvalue weighted by molar-refractivity contribution is 5.95. The topological polar surface area (TPSA) is 147 Å². The van der Waals surface area contributed by atoms with Crippen molar-refractivity contribution in [2.24, 2.45) is 0 Å². The quantitative estimate of drug-likeness (QED) is 0.253. The van der Waals surface area contributed by atoms with E-state index < -0.39 is 24.3 Å². The molecule has 0 spiro atoms. The van der Waals surface area contributed by atoms with Gasteiger partial charge in [-0.15, -0.1) is 0 Å². The number of nitrogens with one attached hydrogen (secondary N) is 2. The normalized spacial score (nSPS) is 17.7. The second-order valence-electron chi connectivity index (χ2n) is 11.0. The van der Waals surface area contributed by atoms with Gasteiger partial charge < -0.3 is 35.1 Å². The van der Waals surface area contributed by atoms with E-state index >= 15 is 0 Å². The van der Waals surface area contributed by atoms with Crippen molar-refractivity contribution in [3.63, 3.8) is 0 Å². The Hall–Kier alpha value is -5.03. The highest BCUT2D eigenvalue weighted by Crippen LogP contribution is 2.34. The van der Waals surface area contributed by atoms with E-state index in [9.17, 15) is 31.1 Å². The number of carboxylic acid groups (broad SMARTS) is 2. The Kier molecular flexibility index (Phi) is 11.6. The molecule has 0 aliphatic carbocycles. The van der Waals surface area contributed by atoms with Gasteiger partial charge in [-0.05, 0) is 59.5 Å². The highest BCUT2D eigenvalue weighted by atomic mass is 19.4. The number of hydrogen-bond donors (Lipinski definition) is 4. The van der Waals surface area contributed by atoms with Gasteiger partial charge in [0.15, 0.2) is 11.5 Å². The molecule has 0 radical (unpaired) electrons. The van der Waals surface area contributed by atoms with E-state index in [1.54, 1.807) is 25.3 Å². The van der Waals surface area contributed by atoms with E-state index in [0.717, 1.165) is 42.1 Å². The molecule has 3 aliphatic rings. The minimum atomic E-state index is -5.08. The first-order valence-electron chi connectivity index (χ1n) is 14.6. The number of rotatable bonds is 7. The summed E-state index contributed by atoms with van der Waals surface area (Å²) >= 11 is 0. The van der Waals surface area contributed by atoms with Crippen LogP contribution in [0.3, 0.4) is 0 Å². The second kappa shape index (κ2) is 15.5. The fourth-order valence-corrected chi connectivity index (χ4v) is 5.33. The third-order valence-corrected chi connectivity index (χ3v) is 7.63. The Labute approximate surface area is 275 Å². The van der Waals surface area contributed by atoms with E-state index in [1.165, 1.54) is 12.0 Å². The number of likely N-dealkylation sites (tertiary alicyclic amines) is 1. The largest absolute Gasteiger partial charge is 0.496 e. The summed E-state index contributed by atoms with van der Waals surface area (Å²) in [7, 11) is 1.69. The number of ether oxygens (including phenoxy) is 3. The minimum Gasteiger partial charge on any atom is -0.496 e. The number of nitrogens with zero attached hydrogens (tertiary/aromatic N) is 1. The predicted octanol–water partition coefficient (Wildman–Crippen LogP) is 4.83. The SMILES string of the molecule is COc1ccc(CNC(=O)c2ccc3c(c2)OCO3)cc1-c1cccc(CN2C[C@@H]3C[C@H]2CN3)c1.O=C(O)C(F)(F)F.O=C(O)C(F)(F)F. The van der Waals surface area contributed by atoms with E-state index in [4.69, 9.17) is 34.0 Å². The fraction of sp³-hybridized carbons (Fsp3) is 0.344. The number of alkyl halides is 6. The Morgan fingerprint density at radius 3 is 2.18 bits per heavy atom. The van der Waals surface area contributed by atoms with Crippen LogP contribution in [0.1, 0.15) is 27.9 Å². The van der Waals surface area contributed by atoms with E-state index in [2.05, 4.69) is 45.9 Å². The molecular formula is C32H31F6N3O8. The third kappa shape index (κ3) is 9.99. The van der Waals surface area contributed by atoms with E-state index in [-0.39, 0.29) is 12.7 Å². The molecule has 3 aliphatic heterocycles. The molecule has 3 aromatic rings. The summed E-state index contributed by atoms with van der Waals surface area (Å²) < 4.78 is 79.9. The Bertz CT molecular complexity index is 1640. The van der Waals surface area contributed by atoms with Crippen LogP contribution < -0.4 is 24.8 Å². The molecule has 0 unspecified atom stereocenters. The molecule has 4 N–H and O–H groups in total. The van der Waals surface area contributed by atoms with Crippen LogP contribution in [-0.2, 0) is 22.7 Å². The van der Waals surface area contributed by atoms with Gasteiger partial charge in [-0.25, -0.2) is 9.59 Å². The average Bonchev–Trinajstić information content (AvgIpc) is 3.81. The summed E-state index contributed by atoms with van der Waals surface area (Å²) in [4.78, 5) is 33.1. The van der Waals surface area contributed by atoms with Crippen molar-refractivity contribution in [3.05, 3.63) is 77.4 Å². The lowest BCUT2D eigenvalue weighted by atomic mass is 9.99. The lowest BCUT2D eigenvalue weighted by molar-refractivity contribution is -0.193. The summed E-state index contributed by atoms with van der Waals surface area (Å²) in [5.74, 6) is -3.59. The van der Waals surface area contributed by atoms with Crippen LogP contribution in [0.25, 0.3) is 11.1 Å². The van der Waals surface area contributed by atoms with Gasteiger partial charge in [0.25, 0.3) is 5.91 Å². The molecular weight excluding hydrogens is 668 g/mol. The zero-order chi connectivity index (χ0) is 35.9. The van der Waals surface area contributed by atoms with Crippen molar-refractivity contribution in [2.75, 3.05) is 27.0 Å². The molecule has 2 bridgehead atoms. The first kappa shape index (κ1) is 36.8. The Balaban J connectivity index is 0.000000327. The minimum absolute atomic E-state index is 0.155. The van der Waals surface area contributed by atoms with Gasteiger partial charge in [0.1, 0.15) is 5.75 Å². The Morgan fingerprint density at radius 2 is 1.59 bits per heavy atom. The van der Waals surface area contributed by atoms with Gasteiger partial charge in [-0.3, -0.25) is 9.69 Å². The fourth-order valence-electron chi connectivity index (χ4n) is 5.33. The van der Waals surface area contributed by atoms with Crippen LogP contribution in [-0.4, -0.2) is 84.4 Å². The van der Waals surface area contributed by atoms with Crippen molar-refractivity contribution in [3.8, 4) is 28.4 Å². The summed E-state index contributed by atoms with van der Waals surface area (Å²) in [6, 6.07) is 21.3. The number of carbonyl (C=O) groups is 3. The number of amides is 1. The molecule has 3 heterocycles. The van der Waals surface area contributed by atoms with Crippen molar-refractivity contribution >= 4 is 17.8 Å². The number of methoxy groups -OCH3 is 1. The number of halogens is 6. The standard InChI is InChI=1S/C28H29N3O4.2C2HF3O2/c1-33-25-7-5-18(13-30-28(32)21-6-8-26-27(11-21)35-17-34-26)10-24(25)20-4-2-3-19(9-20)15-31-16-22-12-23(31)14-29-22;2*3-2(4,5)1(6)7/h2-11,22-23,29H,12-17H2,1H3,(H,30,32);2*(H,6,7)/t22-,23-;;/m0../s1. The molecule has 0 saturated carbocycles. The second-order valence-corrected chi connectivity index (χ2v) is 11.0. The van der Waals surface area contributed by atoms with Gasteiger partial charge in [-0.2, -0.15) is 26.3 Å². The maximum Gasteiger partial charge on any atom is 0.490 e. The molecule has 2 fully saturated rings. The number of piperazine rings is 1. The van der Waals surface area contributed by atoms with E-state index in [1.807, 2.05) is 12.1 Å². The molecule has 0 aromatic heterocycles. The number of benzene rings is 3. The van der Waals surface area contributed by atoms with E-state index in [0.29, 0.717) is 35.7 Å². The van der Waals surface area contributed by atoms with Crippen LogP contribution in [0.2, 0.25) is 0 Å². The van der Waals surface area contributed by atoms with Crippen LogP contribution in [0.5, 0.6) is 17.2 Å². The third-order valence-electron chi connectivity index (χ3n) is 7.63. The number of carboxylic acids is 2. The van der Waals surface area contributed by atoms with Crippen LogP contribution in [0.4, 0.5) is 26.3 Å². The number of fused-ring (bicyclic) bond motifs is 3. The van der Waals surface area contributed by atoms with Crippen molar-refractivity contribution < 1.29 is 65.1 Å². The molecule has 1 amide bonds. The van der Waals surface area contributed by atoms with Gasteiger partial charge in [0.05, 0.1) is 7.11 Å². The first-order chi connectivity index (χ1) is 23.0. The van der Waals surface area contributed by atoms with Crippen LogP contribution in [0.15, 0.2) is 60.7 Å². The van der Waals surface area contributed by atoms with Crippen molar-refractivity contribution in [2.45, 2.75) is 43.9 Å². The number of carbonyl (C=O) groups excluding carboxylic acids is 1. The molecule has 2 saturated heterocycles. The lowest BCUT2D eigenvalue weighted by Crippen LogP contribution is -2.42. The zero-order valence-electron chi connectivity index (χ0n) is 25.7. The molecule has 3 aromatic carbocycles. The monoisotopic (exact) mass is 699 g/mol. The predicted molar refractivity (Wildman–Crippen MR) is 160 cm³/mol.